The molecule has 0 fully saturated rings. The van der Waals surface area contributed by atoms with Crippen LogP contribution in [0.4, 0.5) is 0 Å². The quantitative estimate of drug-likeness (QED) is 0.572. The zero-order valence-corrected chi connectivity index (χ0v) is 9.76. The molecule has 0 aliphatic carbocycles. The van der Waals surface area contributed by atoms with Crippen LogP contribution in [0.2, 0.25) is 0 Å². The lowest BCUT2D eigenvalue weighted by atomic mass is 10.2. The van der Waals surface area contributed by atoms with Crippen LogP contribution in [-0.4, -0.2) is 50.6 Å². The first-order valence-electron chi connectivity index (χ1n) is 5.26. The maximum atomic E-state index is 11.4. The van der Waals surface area contributed by atoms with Crippen molar-refractivity contribution in [2.24, 2.45) is 0 Å². The van der Waals surface area contributed by atoms with Gasteiger partial charge in [0.05, 0.1) is 6.04 Å². The second kappa shape index (κ2) is 7.76. The van der Waals surface area contributed by atoms with Gasteiger partial charge in [-0.3, -0.25) is 9.69 Å². The fourth-order valence-corrected chi connectivity index (χ4v) is 1.22. The topological polar surface area (TPSA) is 44.4 Å². The van der Waals surface area contributed by atoms with E-state index in [1.807, 2.05) is 27.9 Å². The van der Waals surface area contributed by atoms with E-state index >= 15 is 0 Å². The SMILES string of the molecule is CCNC(=O)C(C)N(C)CCCNC. The molecule has 14 heavy (non-hydrogen) atoms. The highest BCUT2D eigenvalue weighted by molar-refractivity contribution is 5.81. The minimum Gasteiger partial charge on any atom is -0.355 e. The van der Waals surface area contributed by atoms with Crippen molar-refractivity contribution in [1.82, 2.24) is 15.5 Å². The average molecular weight is 201 g/mol. The van der Waals surface area contributed by atoms with Crippen molar-refractivity contribution in [2.75, 3.05) is 33.7 Å². The molecule has 0 heterocycles. The maximum Gasteiger partial charge on any atom is 0.237 e. The summed E-state index contributed by atoms with van der Waals surface area (Å²) < 4.78 is 0. The average Bonchev–Trinajstić information content (AvgIpc) is 2.17. The van der Waals surface area contributed by atoms with E-state index in [1.165, 1.54) is 0 Å². The Balaban J connectivity index is 3.74. The van der Waals surface area contributed by atoms with Crippen LogP contribution in [0.5, 0.6) is 0 Å². The first-order chi connectivity index (χ1) is 6.63. The maximum absolute atomic E-state index is 11.4. The number of carbonyl (C=O) groups excluding carboxylic acids is 1. The van der Waals surface area contributed by atoms with E-state index in [4.69, 9.17) is 0 Å². The lowest BCUT2D eigenvalue weighted by molar-refractivity contribution is -0.125. The van der Waals surface area contributed by atoms with Crippen LogP contribution in [0.3, 0.4) is 0 Å². The molecule has 4 heteroatoms. The first-order valence-corrected chi connectivity index (χ1v) is 5.26. The summed E-state index contributed by atoms with van der Waals surface area (Å²) in [6.45, 7) is 6.51. The molecule has 0 saturated heterocycles. The number of amides is 1. The van der Waals surface area contributed by atoms with E-state index < -0.39 is 0 Å². The summed E-state index contributed by atoms with van der Waals surface area (Å²) in [6.07, 6.45) is 1.07. The molecule has 4 nitrogen and oxygen atoms in total. The van der Waals surface area contributed by atoms with Crippen molar-refractivity contribution in [3.05, 3.63) is 0 Å². The van der Waals surface area contributed by atoms with E-state index in [0.29, 0.717) is 6.54 Å². The van der Waals surface area contributed by atoms with Crippen molar-refractivity contribution in [2.45, 2.75) is 26.3 Å². The number of rotatable bonds is 7. The molecule has 0 radical (unpaired) electrons. The predicted octanol–water partition coefficient (Wildman–Crippen LogP) is 0.0523. The van der Waals surface area contributed by atoms with Crippen LogP contribution in [-0.2, 0) is 4.79 Å². The molecule has 1 amide bonds. The summed E-state index contributed by atoms with van der Waals surface area (Å²) in [5, 5.41) is 5.91. The van der Waals surface area contributed by atoms with Crippen molar-refractivity contribution < 1.29 is 4.79 Å². The Morgan fingerprint density at radius 2 is 2.14 bits per heavy atom. The Bertz CT molecular complexity index is 161. The Morgan fingerprint density at radius 3 is 2.64 bits per heavy atom. The lowest BCUT2D eigenvalue weighted by Gasteiger charge is -2.23. The van der Waals surface area contributed by atoms with E-state index in [0.717, 1.165) is 19.5 Å². The summed E-state index contributed by atoms with van der Waals surface area (Å²) in [5.41, 5.74) is 0. The second-order valence-electron chi connectivity index (χ2n) is 3.51. The van der Waals surface area contributed by atoms with Gasteiger partial charge in [0.1, 0.15) is 0 Å². The highest BCUT2D eigenvalue weighted by atomic mass is 16.2. The van der Waals surface area contributed by atoms with Gasteiger partial charge in [-0.1, -0.05) is 0 Å². The summed E-state index contributed by atoms with van der Waals surface area (Å²) in [5.74, 6) is 0.111. The van der Waals surface area contributed by atoms with Crippen LogP contribution in [0, 0.1) is 0 Å². The number of hydrogen-bond acceptors (Lipinski definition) is 3. The fourth-order valence-electron chi connectivity index (χ4n) is 1.22. The molecule has 1 unspecified atom stereocenters. The molecular weight excluding hydrogens is 178 g/mol. The van der Waals surface area contributed by atoms with Crippen LogP contribution in [0.25, 0.3) is 0 Å². The van der Waals surface area contributed by atoms with E-state index in [2.05, 4.69) is 15.5 Å². The van der Waals surface area contributed by atoms with E-state index in [9.17, 15) is 4.79 Å². The van der Waals surface area contributed by atoms with Gasteiger partial charge < -0.3 is 10.6 Å². The van der Waals surface area contributed by atoms with Crippen molar-refractivity contribution in [3.63, 3.8) is 0 Å². The van der Waals surface area contributed by atoms with Crippen LogP contribution in [0.1, 0.15) is 20.3 Å². The summed E-state index contributed by atoms with van der Waals surface area (Å²) >= 11 is 0. The molecule has 0 bridgehead atoms. The number of likely N-dealkylation sites (N-methyl/N-ethyl adjacent to an activating group) is 2. The molecule has 0 aliphatic heterocycles. The Kier molecular flexibility index (Phi) is 7.42. The normalized spacial score (nSPS) is 12.9. The molecule has 0 saturated carbocycles. The van der Waals surface area contributed by atoms with Gasteiger partial charge in [-0.15, -0.1) is 0 Å². The molecule has 0 aromatic heterocycles. The van der Waals surface area contributed by atoms with Gasteiger partial charge >= 0.3 is 0 Å². The minimum atomic E-state index is -0.0354. The highest BCUT2D eigenvalue weighted by Gasteiger charge is 2.15. The summed E-state index contributed by atoms with van der Waals surface area (Å²) in [4.78, 5) is 13.5. The van der Waals surface area contributed by atoms with Gasteiger partial charge in [0.2, 0.25) is 5.91 Å². The molecule has 1 atom stereocenters. The molecule has 0 aromatic carbocycles. The Hall–Kier alpha value is -0.610. The molecule has 2 N–H and O–H groups in total. The van der Waals surface area contributed by atoms with Crippen molar-refractivity contribution >= 4 is 5.91 Å². The monoisotopic (exact) mass is 201 g/mol. The number of nitrogens with one attached hydrogen (secondary N) is 2. The number of hydrogen-bond donors (Lipinski definition) is 2. The zero-order valence-electron chi connectivity index (χ0n) is 9.76. The van der Waals surface area contributed by atoms with Gasteiger partial charge in [-0.2, -0.15) is 0 Å². The van der Waals surface area contributed by atoms with E-state index in [-0.39, 0.29) is 11.9 Å². The van der Waals surface area contributed by atoms with Crippen LogP contribution in [0.15, 0.2) is 0 Å². The van der Waals surface area contributed by atoms with Gasteiger partial charge in [0.25, 0.3) is 0 Å². The number of carbonyl (C=O) groups is 1. The minimum absolute atomic E-state index is 0.0354. The molecule has 84 valence electrons. The highest BCUT2D eigenvalue weighted by Crippen LogP contribution is 1.96. The van der Waals surface area contributed by atoms with Crippen LogP contribution < -0.4 is 10.6 Å². The lowest BCUT2D eigenvalue weighted by Crippen LogP contribution is -2.43. The molecule has 0 rings (SSSR count). The first kappa shape index (κ1) is 13.4. The smallest absolute Gasteiger partial charge is 0.237 e. The summed E-state index contributed by atoms with van der Waals surface area (Å²) in [7, 11) is 3.92. The van der Waals surface area contributed by atoms with Crippen molar-refractivity contribution in [3.8, 4) is 0 Å². The third-order valence-electron chi connectivity index (χ3n) is 2.33. The van der Waals surface area contributed by atoms with E-state index in [1.54, 1.807) is 0 Å². The molecule has 0 aliphatic rings. The van der Waals surface area contributed by atoms with Gasteiger partial charge in [-0.05, 0) is 47.5 Å². The van der Waals surface area contributed by atoms with Crippen LogP contribution >= 0.6 is 0 Å². The van der Waals surface area contributed by atoms with Gasteiger partial charge in [0.15, 0.2) is 0 Å². The van der Waals surface area contributed by atoms with Gasteiger partial charge in [-0.25, -0.2) is 0 Å². The Morgan fingerprint density at radius 1 is 1.50 bits per heavy atom. The van der Waals surface area contributed by atoms with Crippen molar-refractivity contribution in [1.29, 1.82) is 0 Å². The second-order valence-corrected chi connectivity index (χ2v) is 3.51. The Labute approximate surface area is 87.0 Å². The summed E-state index contributed by atoms with van der Waals surface area (Å²) in [6, 6.07) is -0.0354. The van der Waals surface area contributed by atoms with Gasteiger partial charge in [0, 0.05) is 6.54 Å². The zero-order chi connectivity index (χ0) is 11.0. The fraction of sp³-hybridized carbons (Fsp3) is 0.900. The predicted molar refractivity (Wildman–Crippen MR) is 59.3 cm³/mol. The largest absolute Gasteiger partial charge is 0.355 e. The third kappa shape index (κ3) is 5.19. The molecule has 0 aromatic rings. The molecular formula is C10H23N3O. The standard InChI is InChI=1S/C10H23N3O/c1-5-12-10(14)9(2)13(4)8-6-7-11-3/h9,11H,5-8H2,1-4H3,(H,12,14). The number of nitrogens with zero attached hydrogens (tertiary/aromatic N) is 1. The molecule has 0 spiro atoms. The third-order valence-corrected chi connectivity index (χ3v) is 2.33.